The van der Waals surface area contributed by atoms with Gasteiger partial charge in [0.2, 0.25) is 0 Å². The Morgan fingerprint density at radius 1 is 0.667 bits per heavy atom. The zero-order valence-corrected chi connectivity index (χ0v) is 17.0. The van der Waals surface area contributed by atoms with Crippen molar-refractivity contribution in [3.63, 3.8) is 0 Å². The van der Waals surface area contributed by atoms with Crippen LogP contribution in [-0.4, -0.2) is 4.98 Å². The van der Waals surface area contributed by atoms with E-state index in [0.29, 0.717) is 11.0 Å². The first-order chi connectivity index (χ1) is 14.7. The molecule has 0 aliphatic carbocycles. The maximum atomic E-state index is 14.9. The van der Waals surface area contributed by atoms with Crippen LogP contribution in [0.25, 0.3) is 21.7 Å². The average molecular weight is 404 g/mol. The fourth-order valence-electron chi connectivity index (χ4n) is 3.92. The third-order valence-corrected chi connectivity index (χ3v) is 8.34. The van der Waals surface area contributed by atoms with Crippen molar-refractivity contribution in [2.75, 3.05) is 0 Å². The highest BCUT2D eigenvalue weighted by Crippen LogP contribution is 2.44. The summed E-state index contributed by atoms with van der Waals surface area (Å²) in [5, 5.41) is 13.6. The molecule has 0 bridgehead atoms. The molecule has 5 rings (SSSR count). The zero-order chi connectivity index (χ0) is 20.6. The van der Waals surface area contributed by atoms with Crippen molar-refractivity contribution < 1.29 is 4.57 Å². The smallest absolute Gasteiger partial charge is 0.189 e. The number of hydrogen-bond acceptors (Lipinski definition) is 3. The number of pyridine rings is 1. The molecule has 0 saturated heterocycles. The van der Waals surface area contributed by atoms with Crippen LogP contribution in [0.1, 0.15) is 5.56 Å². The van der Waals surface area contributed by atoms with Crippen LogP contribution in [0.3, 0.4) is 0 Å². The van der Waals surface area contributed by atoms with Gasteiger partial charge in [-0.1, -0.05) is 84.9 Å². The van der Waals surface area contributed by atoms with E-state index in [1.165, 1.54) is 0 Å². The predicted molar refractivity (Wildman–Crippen MR) is 123 cm³/mol. The van der Waals surface area contributed by atoms with Crippen molar-refractivity contribution in [3.8, 4) is 6.07 Å². The molecule has 0 amide bonds. The second-order valence-electron chi connectivity index (χ2n) is 7.11. The first-order valence-electron chi connectivity index (χ1n) is 9.66. The molecule has 0 aliphatic heterocycles. The van der Waals surface area contributed by atoms with Crippen molar-refractivity contribution in [1.29, 1.82) is 5.26 Å². The molecule has 1 aromatic heterocycles. The predicted octanol–water partition coefficient (Wildman–Crippen LogP) is 4.90. The maximum absolute atomic E-state index is 14.9. The minimum Gasteiger partial charge on any atom is -0.307 e. The van der Waals surface area contributed by atoms with Gasteiger partial charge >= 0.3 is 0 Å². The van der Waals surface area contributed by atoms with E-state index in [1.54, 1.807) is 6.07 Å². The van der Waals surface area contributed by atoms with Crippen LogP contribution in [0.4, 0.5) is 0 Å². The summed E-state index contributed by atoms with van der Waals surface area (Å²) < 4.78 is 14.9. The lowest BCUT2D eigenvalue weighted by molar-refractivity contribution is 0.592. The van der Waals surface area contributed by atoms with Crippen molar-refractivity contribution in [2.45, 2.75) is 0 Å². The minimum atomic E-state index is -3.28. The summed E-state index contributed by atoms with van der Waals surface area (Å²) in [6, 6.07) is 34.6. The second-order valence-corrected chi connectivity index (χ2v) is 9.78. The summed E-state index contributed by atoms with van der Waals surface area (Å²) in [6.45, 7) is 0. The van der Waals surface area contributed by atoms with Crippen LogP contribution in [0.15, 0.2) is 103 Å². The number of nitrogens with zero attached hydrogens (tertiary/aromatic N) is 2. The number of benzene rings is 4. The maximum Gasteiger partial charge on any atom is 0.189 e. The Morgan fingerprint density at radius 2 is 1.27 bits per heavy atom. The molecule has 0 radical (unpaired) electrons. The Bertz CT molecular complexity index is 1430. The zero-order valence-electron chi connectivity index (χ0n) is 16.1. The van der Waals surface area contributed by atoms with Crippen LogP contribution in [-0.2, 0) is 4.57 Å². The lowest BCUT2D eigenvalue weighted by Gasteiger charge is -2.21. The molecular formula is C26H17N2OP. The van der Waals surface area contributed by atoms with Gasteiger partial charge in [-0.05, 0) is 23.6 Å². The van der Waals surface area contributed by atoms with E-state index in [9.17, 15) is 9.83 Å². The van der Waals surface area contributed by atoms with Gasteiger partial charge in [-0.25, -0.2) is 4.98 Å². The molecule has 0 N–H and O–H groups in total. The normalized spacial score (nSPS) is 11.4. The third-order valence-electron chi connectivity index (χ3n) is 5.35. The molecule has 142 valence electrons. The molecule has 0 fully saturated rings. The highest BCUT2D eigenvalue weighted by molar-refractivity contribution is 7.85. The summed E-state index contributed by atoms with van der Waals surface area (Å²) in [6.07, 6.45) is 0. The van der Waals surface area contributed by atoms with Gasteiger partial charge in [0.05, 0.1) is 17.1 Å². The van der Waals surface area contributed by atoms with Crippen molar-refractivity contribution in [2.24, 2.45) is 0 Å². The number of fused-ring (bicyclic) bond motifs is 3. The molecule has 30 heavy (non-hydrogen) atoms. The number of para-hydroxylation sites is 1. The number of hydrogen-bond donors (Lipinski definition) is 0. The van der Waals surface area contributed by atoms with Crippen molar-refractivity contribution >= 4 is 44.9 Å². The minimum absolute atomic E-state index is 0.519. The summed E-state index contributed by atoms with van der Waals surface area (Å²) in [7, 11) is -3.28. The molecule has 0 saturated carbocycles. The topological polar surface area (TPSA) is 53.8 Å². The quantitative estimate of drug-likeness (QED) is 0.318. The van der Waals surface area contributed by atoms with Crippen molar-refractivity contribution in [1.82, 2.24) is 4.98 Å². The molecular weight excluding hydrogens is 387 g/mol. The molecule has 4 heteroatoms. The van der Waals surface area contributed by atoms with Crippen LogP contribution in [0.2, 0.25) is 0 Å². The van der Waals surface area contributed by atoms with Gasteiger partial charge < -0.3 is 4.57 Å². The lowest BCUT2D eigenvalue weighted by atomic mass is 10.0. The molecule has 0 unspecified atom stereocenters. The highest BCUT2D eigenvalue weighted by atomic mass is 31.2. The Balaban J connectivity index is 1.98. The van der Waals surface area contributed by atoms with E-state index in [2.05, 4.69) is 6.07 Å². The summed E-state index contributed by atoms with van der Waals surface area (Å²) in [4.78, 5) is 4.93. The van der Waals surface area contributed by atoms with Crippen LogP contribution < -0.4 is 16.0 Å². The molecule has 0 aliphatic rings. The van der Waals surface area contributed by atoms with Gasteiger partial charge in [-0.3, -0.25) is 0 Å². The van der Waals surface area contributed by atoms with Gasteiger partial charge in [-0.2, -0.15) is 5.26 Å². The van der Waals surface area contributed by atoms with E-state index >= 15 is 0 Å². The van der Waals surface area contributed by atoms with Crippen LogP contribution in [0.5, 0.6) is 0 Å². The van der Waals surface area contributed by atoms with Gasteiger partial charge in [0.1, 0.15) is 5.44 Å². The summed E-state index contributed by atoms with van der Waals surface area (Å²) >= 11 is 0. The number of rotatable bonds is 3. The first kappa shape index (κ1) is 18.3. The van der Waals surface area contributed by atoms with E-state index < -0.39 is 7.14 Å². The lowest BCUT2D eigenvalue weighted by Crippen LogP contribution is -2.27. The van der Waals surface area contributed by atoms with Gasteiger partial charge in [0, 0.05) is 21.4 Å². The molecule has 3 nitrogen and oxygen atoms in total. The molecule has 1 heterocycles. The Kier molecular flexibility index (Phi) is 4.43. The summed E-state index contributed by atoms with van der Waals surface area (Å²) in [5.41, 5.74) is 1.83. The molecule has 4 aromatic carbocycles. The van der Waals surface area contributed by atoms with Crippen molar-refractivity contribution in [3.05, 3.63) is 109 Å². The number of nitriles is 1. The highest BCUT2D eigenvalue weighted by Gasteiger charge is 2.33. The second kappa shape index (κ2) is 7.26. The summed E-state index contributed by atoms with van der Waals surface area (Å²) in [5.74, 6) is 0. The largest absolute Gasteiger partial charge is 0.307 e. The van der Waals surface area contributed by atoms with E-state index in [4.69, 9.17) is 4.98 Å². The Hall–Kier alpha value is -3.73. The monoisotopic (exact) mass is 404 g/mol. The molecule has 0 spiro atoms. The Morgan fingerprint density at radius 3 is 1.90 bits per heavy atom. The standard InChI is InChI=1S/C26H17N2OP/c27-18-19-15-16-22-23-13-7-8-14-25(23)28-26(24(22)17-19)30(29,20-9-3-1-4-10-20)21-11-5-2-6-12-21/h1-17H. The fraction of sp³-hybridized carbons (Fsp3) is 0. The molecule has 5 aromatic rings. The number of aromatic nitrogens is 1. The van der Waals surface area contributed by atoms with Gasteiger partial charge in [0.15, 0.2) is 7.14 Å². The fourth-order valence-corrected chi connectivity index (χ4v) is 6.66. The van der Waals surface area contributed by atoms with Gasteiger partial charge in [-0.15, -0.1) is 0 Å². The third kappa shape index (κ3) is 2.82. The molecule has 0 atom stereocenters. The van der Waals surface area contributed by atoms with E-state index in [0.717, 1.165) is 32.3 Å². The Labute approximate surface area is 174 Å². The first-order valence-corrected chi connectivity index (χ1v) is 11.4. The van der Waals surface area contributed by atoms with Gasteiger partial charge in [0.25, 0.3) is 0 Å². The SMILES string of the molecule is N#Cc1ccc2c(c1)c(P(=O)(c1ccccc1)c1ccccc1)nc1ccccc12. The van der Waals surface area contributed by atoms with E-state index in [-0.39, 0.29) is 0 Å². The van der Waals surface area contributed by atoms with E-state index in [1.807, 2.05) is 97.1 Å². The van der Waals surface area contributed by atoms with Crippen LogP contribution >= 0.6 is 7.14 Å². The average Bonchev–Trinajstić information content (AvgIpc) is 2.83. The van der Waals surface area contributed by atoms with Crippen LogP contribution in [0, 0.1) is 11.3 Å².